The first-order valence-electron chi connectivity index (χ1n) is 5.52. The minimum atomic E-state index is -1.08. The molecule has 0 radical (unpaired) electrons. The summed E-state index contributed by atoms with van der Waals surface area (Å²) in [6.07, 6.45) is 1.50. The zero-order valence-electron chi connectivity index (χ0n) is 10.6. The molecule has 0 aromatic heterocycles. The highest BCUT2D eigenvalue weighted by Gasteiger charge is 2.53. The van der Waals surface area contributed by atoms with Crippen molar-refractivity contribution in [3.8, 4) is 0 Å². The van der Waals surface area contributed by atoms with Crippen molar-refractivity contribution in [2.75, 3.05) is 5.75 Å². The van der Waals surface area contributed by atoms with Gasteiger partial charge in [-0.25, -0.2) is 4.79 Å². The Kier molecular flexibility index (Phi) is 4.98. The third-order valence-electron chi connectivity index (χ3n) is 2.82. The molecule has 1 N–H and O–H groups in total. The fraction of sp³-hybridized carbons (Fsp3) is 0.417. The van der Waals surface area contributed by atoms with Crippen LogP contribution in [-0.2, 0) is 9.59 Å². The molecule has 5 nitrogen and oxygen atoms in total. The second-order valence-electron chi connectivity index (χ2n) is 4.31. The van der Waals surface area contributed by atoms with Crippen LogP contribution in [0.4, 0.5) is 0 Å². The number of aliphatic carboxylic acids is 1. The van der Waals surface area contributed by atoms with Gasteiger partial charge in [0.1, 0.15) is 11.1 Å². The van der Waals surface area contributed by atoms with Crippen molar-refractivity contribution in [2.45, 2.75) is 25.3 Å². The molecule has 0 spiro atoms. The average Bonchev–Trinajstić information content (AvgIpc) is 2.33. The maximum Gasteiger partial charge on any atom is 0.352 e. The summed E-state index contributed by atoms with van der Waals surface area (Å²) in [5.41, 5.74) is 1.47. The van der Waals surface area contributed by atoms with E-state index in [1.54, 1.807) is 0 Å². The molecule has 1 unspecified atom stereocenters. The van der Waals surface area contributed by atoms with Gasteiger partial charge in [0.05, 0.1) is 0 Å². The lowest BCUT2D eigenvalue weighted by atomic mass is 10.0. The van der Waals surface area contributed by atoms with E-state index >= 15 is 0 Å². The Balaban J connectivity index is 0.00000180. The number of rotatable bonds is 3. The molecule has 7 heteroatoms. The van der Waals surface area contributed by atoms with Crippen molar-refractivity contribution < 1.29 is 14.7 Å². The summed E-state index contributed by atoms with van der Waals surface area (Å²) in [5.74, 6) is -0.779. The number of halogens is 1. The summed E-state index contributed by atoms with van der Waals surface area (Å²) in [5, 5.41) is 9.01. The standard InChI is InChI=1S/C12H14N2O3S.BrH/c1-4-7-5-18-11-8(13-6(2)3)10(15)14(11)9(7)12(16)17;/h4,8,11H,1,5H2,2-3H3,(H,16,17);1H/t8?,11-;/m0./s1. The Morgan fingerprint density at radius 2 is 2.21 bits per heavy atom. The number of thioether (sulfide) groups is 1. The van der Waals surface area contributed by atoms with E-state index in [4.69, 9.17) is 0 Å². The number of carboxylic acid groups (broad SMARTS) is 1. The van der Waals surface area contributed by atoms with Crippen LogP contribution in [0, 0.1) is 0 Å². The molecule has 2 heterocycles. The first-order valence-corrected chi connectivity index (χ1v) is 6.56. The van der Waals surface area contributed by atoms with Crippen LogP contribution in [0.2, 0.25) is 0 Å². The fourth-order valence-electron chi connectivity index (χ4n) is 2.04. The van der Waals surface area contributed by atoms with E-state index in [1.165, 1.54) is 22.7 Å². The van der Waals surface area contributed by atoms with E-state index in [0.29, 0.717) is 11.3 Å². The second kappa shape index (κ2) is 5.92. The van der Waals surface area contributed by atoms with Gasteiger partial charge < -0.3 is 5.11 Å². The Morgan fingerprint density at radius 1 is 1.58 bits per heavy atom. The van der Waals surface area contributed by atoms with Crippen LogP contribution in [0.5, 0.6) is 0 Å². The molecule has 2 aliphatic rings. The minimum absolute atomic E-state index is 0. The lowest BCUT2D eigenvalue weighted by molar-refractivity contribution is -0.147. The van der Waals surface area contributed by atoms with Crippen LogP contribution < -0.4 is 0 Å². The number of nitrogens with zero attached hydrogens (tertiary/aromatic N) is 2. The molecule has 2 rings (SSSR count). The molecule has 0 saturated carbocycles. The van der Waals surface area contributed by atoms with Crippen LogP contribution >= 0.6 is 28.7 Å². The number of amides is 1. The summed E-state index contributed by atoms with van der Waals surface area (Å²) in [6.45, 7) is 7.24. The van der Waals surface area contributed by atoms with Gasteiger partial charge in [-0.05, 0) is 19.4 Å². The van der Waals surface area contributed by atoms with Crippen molar-refractivity contribution in [1.29, 1.82) is 0 Å². The van der Waals surface area contributed by atoms with Crippen LogP contribution in [-0.4, -0.2) is 44.8 Å². The van der Waals surface area contributed by atoms with Gasteiger partial charge in [0.2, 0.25) is 0 Å². The smallest absolute Gasteiger partial charge is 0.352 e. The number of aliphatic imine (C=N–C) groups is 1. The highest BCUT2D eigenvalue weighted by atomic mass is 79.9. The Labute approximate surface area is 126 Å². The van der Waals surface area contributed by atoms with Gasteiger partial charge in [-0.3, -0.25) is 14.7 Å². The molecular formula is C12H15BrN2O3S. The SMILES string of the molecule is Br.C=CC1=C(C(=O)O)N2C(=O)C(N=C(C)C)[C@@H]2SC1. The van der Waals surface area contributed by atoms with E-state index in [-0.39, 0.29) is 34.0 Å². The number of hydrogen-bond acceptors (Lipinski definition) is 4. The largest absolute Gasteiger partial charge is 0.477 e. The maximum absolute atomic E-state index is 12.0. The fourth-order valence-corrected chi connectivity index (χ4v) is 3.37. The van der Waals surface area contributed by atoms with E-state index in [0.717, 1.165) is 5.71 Å². The van der Waals surface area contributed by atoms with Crippen molar-refractivity contribution >= 4 is 46.3 Å². The molecule has 0 aliphatic carbocycles. The van der Waals surface area contributed by atoms with E-state index in [1.807, 2.05) is 13.8 Å². The number of hydrogen-bond donors (Lipinski definition) is 1. The Hall–Kier alpha value is -1.08. The summed E-state index contributed by atoms with van der Waals surface area (Å²) in [6, 6.07) is -0.444. The third kappa shape index (κ3) is 2.62. The molecule has 2 atom stereocenters. The quantitative estimate of drug-likeness (QED) is 0.625. The predicted molar refractivity (Wildman–Crippen MR) is 80.8 cm³/mol. The number of β-lactam (4-membered cyclic amide) rings is 1. The summed E-state index contributed by atoms with van der Waals surface area (Å²) >= 11 is 1.53. The van der Waals surface area contributed by atoms with Crippen LogP contribution in [0.1, 0.15) is 13.8 Å². The Morgan fingerprint density at radius 3 is 2.68 bits per heavy atom. The first kappa shape index (κ1) is 16.0. The van der Waals surface area contributed by atoms with Gasteiger partial charge in [0.25, 0.3) is 5.91 Å². The van der Waals surface area contributed by atoms with Gasteiger partial charge in [0.15, 0.2) is 6.04 Å². The Bertz CT molecular complexity index is 497. The average molecular weight is 347 g/mol. The van der Waals surface area contributed by atoms with Gasteiger partial charge in [-0.15, -0.1) is 28.7 Å². The molecule has 104 valence electrons. The van der Waals surface area contributed by atoms with Crippen molar-refractivity contribution in [3.05, 3.63) is 23.9 Å². The summed E-state index contributed by atoms with van der Waals surface area (Å²) in [4.78, 5) is 28.8. The molecule has 1 fully saturated rings. The highest BCUT2D eigenvalue weighted by Crippen LogP contribution is 2.41. The zero-order valence-corrected chi connectivity index (χ0v) is 13.2. The lowest BCUT2D eigenvalue weighted by Crippen LogP contribution is -2.64. The molecule has 19 heavy (non-hydrogen) atoms. The highest BCUT2D eigenvalue weighted by molar-refractivity contribution is 8.93. The molecule has 1 saturated heterocycles. The summed E-state index contributed by atoms with van der Waals surface area (Å²) in [7, 11) is 0. The van der Waals surface area contributed by atoms with E-state index in [2.05, 4.69) is 11.6 Å². The predicted octanol–water partition coefficient (Wildman–Crippen LogP) is 1.85. The summed E-state index contributed by atoms with van der Waals surface area (Å²) < 4.78 is 0. The number of allylic oxidation sites excluding steroid dienone is 1. The zero-order chi connectivity index (χ0) is 13.4. The van der Waals surface area contributed by atoms with Crippen LogP contribution in [0.15, 0.2) is 28.9 Å². The van der Waals surface area contributed by atoms with Crippen molar-refractivity contribution in [1.82, 2.24) is 4.90 Å². The monoisotopic (exact) mass is 346 g/mol. The minimum Gasteiger partial charge on any atom is -0.477 e. The molecule has 0 aromatic carbocycles. The molecular weight excluding hydrogens is 332 g/mol. The maximum atomic E-state index is 12.0. The number of carboxylic acids is 1. The number of carbonyl (C=O) groups excluding carboxylic acids is 1. The molecule has 2 aliphatic heterocycles. The van der Waals surface area contributed by atoms with Crippen LogP contribution in [0.25, 0.3) is 0 Å². The third-order valence-corrected chi connectivity index (χ3v) is 4.10. The van der Waals surface area contributed by atoms with Crippen molar-refractivity contribution in [3.63, 3.8) is 0 Å². The van der Waals surface area contributed by atoms with Crippen molar-refractivity contribution in [2.24, 2.45) is 4.99 Å². The van der Waals surface area contributed by atoms with E-state index in [9.17, 15) is 14.7 Å². The molecule has 0 bridgehead atoms. The second-order valence-corrected chi connectivity index (χ2v) is 5.42. The lowest BCUT2D eigenvalue weighted by Gasteiger charge is -2.47. The first-order chi connectivity index (χ1) is 8.47. The van der Waals surface area contributed by atoms with Gasteiger partial charge in [-0.1, -0.05) is 12.7 Å². The van der Waals surface area contributed by atoms with Gasteiger partial charge >= 0.3 is 5.97 Å². The topological polar surface area (TPSA) is 70.0 Å². The van der Waals surface area contributed by atoms with Gasteiger partial charge in [0, 0.05) is 11.5 Å². The van der Waals surface area contributed by atoms with Gasteiger partial charge in [-0.2, -0.15) is 0 Å². The normalized spacial score (nSPS) is 24.9. The molecule has 1 amide bonds. The number of carbonyl (C=O) groups is 2. The van der Waals surface area contributed by atoms with E-state index < -0.39 is 12.0 Å². The van der Waals surface area contributed by atoms with Crippen LogP contribution in [0.3, 0.4) is 0 Å². The molecule has 0 aromatic rings. The number of fused-ring (bicyclic) bond motifs is 1.